The molecule has 2 aliphatic heterocycles. The van der Waals surface area contributed by atoms with E-state index < -0.39 is 29.9 Å². The maximum Gasteiger partial charge on any atom is 0.342 e. The zero-order valence-corrected chi connectivity index (χ0v) is 22.6. The standard InChI is InChI=1S/C30H33NO9/c1-17-7-6-10-20(32)9-5-3-4-8-19-14-24-28(29(35)27(19)30(36)39-17)21(15-26(34)40-24)18-11-12-22(37-2)23(13-18)38-16-25(31)33/h4,8,11-14,17,21,35H,3,5-7,9-10,15-16H2,1-2H3,(H2,31,33)/t17-,21+/m0/s1. The second-order valence-corrected chi connectivity index (χ2v) is 9.94. The monoisotopic (exact) mass is 551 g/mol. The summed E-state index contributed by atoms with van der Waals surface area (Å²) in [6, 6.07) is 6.46. The molecule has 0 saturated heterocycles. The Morgan fingerprint density at radius 2 is 1.90 bits per heavy atom. The van der Waals surface area contributed by atoms with Crippen molar-refractivity contribution in [3.8, 4) is 23.0 Å². The molecule has 0 aliphatic carbocycles. The van der Waals surface area contributed by atoms with Gasteiger partial charge in [0.05, 0.1) is 19.6 Å². The number of aromatic hydroxyl groups is 1. The van der Waals surface area contributed by atoms with Crippen molar-refractivity contribution in [1.29, 1.82) is 0 Å². The maximum atomic E-state index is 13.4. The third-order valence-corrected chi connectivity index (χ3v) is 6.94. The number of phenolic OH excluding ortho intramolecular Hbond substituents is 1. The molecule has 10 nitrogen and oxygen atoms in total. The van der Waals surface area contributed by atoms with Crippen molar-refractivity contribution in [2.45, 2.75) is 63.9 Å². The number of hydrogen-bond donors (Lipinski definition) is 2. The molecule has 0 saturated carbocycles. The summed E-state index contributed by atoms with van der Waals surface area (Å²) in [6.45, 7) is 1.36. The second kappa shape index (κ2) is 12.7. The molecule has 0 fully saturated rings. The Morgan fingerprint density at radius 3 is 2.65 bits per heavy atom. The number of carbonyl (C=O) groups excluding carboxylic acids is 4. The first kappa shape index (κ1) is 28.7. The number of Topliss-reactive ketones (excluding diaryl/α,β-unsaturated/α-hetero) is 1. The summed E-state index contributed by atoms with van der Waals surface area (Å²) in [5.74, 6) is -2.08. The van der Waals surface area contributed by atoms with E-state index in [-0.39, 0.29) is 47.2 Å². The van der Waals surface area contributed by atoms with Crippen LogP contribution in [0, 0.1) is 0 Å². The lowest BCUT2D eigenvalue weighted by molar-refractivity contribution is -0.135. The molecular weight excluding hydrogens is 518 g/mol. The fourth-order valence-electron chi connectivity index (χ4n) is 4.98. The van der Waals surface area contributed by atoms with Crippen molar-refractivity contribution in [1.82, 2.24) is 0 Å². The van der Waals surface area contributed by atoms with Gasteiger partial charge in [0, 0.05) is 24.3 Å². The summed E-state index contributed by atoms with van der Waals surface area (Å²) in [7, 11) is 1.44. The molecule has 0 aromatic heterocycles. The second-order valence-electron chi connectivity index (χ2n) is 9.94. The number of cyclic esters (lactones) is 1. The summed E-state index contributed by atoms with van der Waals surface area (Å²) in [6.07, 6.45) is 6.15. The number of methoxy groups -OCH3 is 1. The molecule has 1 amide bonds. The van der Waals surface area contributed by atoms with Crippen LogP contribution in [-0.4, -0.2) is 48.6 Å². The van der Waals surface area contributed by atoms with Crippen LogP contribution < -0.4 is 19.9 Å². The van der Waals surface area contributed by atoms with Crippen LogP contribution in [0.5, 0.6) is 23.0 Å². The van der Waals surface area contributed by atoms with E-state index in [0.29, 0.717) is 55.4 Å². The lowest BCUT2D eigenvalue weighted by Crippen LogP contribution is -2.23. The quantitative estimate of drug-likeness (QED) is 0.412. The summed E-state index contributed by atoms with van der Waals surface area (Å²) >= 11 is 0. The number of rotatable bonds is 5. The highest BCUT2D eigenvalue weighted by Gasteiger charge is 2.36. The Bertz CT molecular complexity index is 1350. The molecule has 2 aromatic rings. The van der Waals surface area contributed by atoms with Gasteiger partial charge in [-0.1, -0.05) is 18.2 Å². The van der Waals surface area contributed by atoms with Crippen molar-refractivity contribution in [2.24, 2.45) is 5.73 Å². The number of fused-ring (bicyclic) bond motifs is 2. The molecule has 2 atom stereocenters. The number of allylic oxidation sites excluding steroid dienone is 1. The van der Waals surface area contributed by atoms with E-state index in [2.05, 4.69) is 0 Å². The molecular formula is C30H33NO9. The van der Waals surface area contributed by atoms with Gasteiger partial charge in [0.25, 0.3) is 5.91 Å². The maximum absolute atomic E-state index is 13.4. The van der Waals surface area contributed by atoms with Crippen molar-refractivity contribution in [3.63, 3.8) is 0 Å². The molecule has 2 aromatic carbocycles. The molecule has 0 spiro atoms. The smallest absolute Gasteiger partial charge is 0.342 e. The number of nitrogens with two attached hydrogens (primary N) is 1. The molecule has 3 N–H and O–H groups in total. The topological polar surface area (TPSA) is 151 Å². The minimum absolute atomic E-state index is 0.0309. The summed E-state index contributed by atoms with van der Waals surface area (Å²) in [5, 5.41) is 11.6. The molecule has 40 heavy (non-hydrogen) atoms. The number of phenols is 1. The van der Waals surface area contributed by atoms with Gasteiger partial charge >= 0.3 is 11.9 Å². The van der Waals surface area contributed by atoms with Crippen molar-refractivity contribution < 1.29 is 43.2 Å². The first-order chi connectivity index (χ1) is 19.2. The highest BCUT2D eigenvalue weighted by molar-refractivity contribution is 5.98. The number of ether oxygens (including phenoxy) is 4. The predicted octanol–water partition coefficient (Wildman–Crippen LogP) is 4.19. The zero-order chi connectivity index (χ0) is 28.8. The molecule has 2 aliphatic rings. The average Bonchev–Trinajstić information content (AvgIpc) is 2.90. The molecule has 2 heterocycles. The van der Waals surface area contributed by atoms with Crippen LogP contribution in [0.1, 0.15) is 84.8 Å². The minimum Gasteiger partial charge on any atom is -0.507 e. The number of esters is 2. The fraction of sp³-hybridized carbons (Fsp3) is 0.400. The first-order valence-corrected chi connectivity index (χ1v) is 13.3. The molecule has 0 unspecified atom stereocenters. The third-order valence-electron chi connectivity index (χ3n) is 6.94. The van der Waals surface area contributed by atoms with Crippen LogP contribution in [0.3, 0.4) is 0 Å². The summed E-state index contributed by atoms with van der Waals surface area (Å²) in [5.41, 5.74) is 6.36. The van der Waals surface area contributed by atoms with Crippen molar-refractivity contribution >= 4 is 29.7 Å². The largest absolute Gasteiger partial charge is 0.507 e. The van der Waals surface area contributed by atoms with Crippen LogP contribution in [0.2, 0.25) is 0 Å². The molecule has 4 rings (SSSR count). The van der Waals surface area contributed by atoms with Crippen LogP contribution in [-0.2, 0) is 19.1 Å². The SMILES string of the molecule is COc1ccc([C@H]2CC(=O)Oc3cc4c(c(O)c32)C(=O)O[C@@H](C)CCCC(=O)CCCC=C4)cc1OCC(N)=O. The molecule has 212 valence electrons. The van der Waals surface area contributed by atoms with Gasteiger partial charge in [-0.3, -0.25) is 14.4 Å². The lowest BCUT2D eigenvalue weighted by atomic mass is 9.83. The highest BCUT2D eigenvalue weighted by Crippen LogP contribution is 2.48. The Kier molecular flexibility index (Phi) is 9.08. The number of carbonyl (C=O) groups is 4. The summed E-state index contributed by atoms with van der Waals surface area (Å²) < 4.78 is 22.0. The van der Waals surface area contributed by atoms with E-state index in [1.807, 2.05) is 6.08 Å². The van der Waals surface area contributed by atoms with Gasteiger partial charge in [-0.25, -0.2) is 4.79 Å². The number of amides is 1. The number of hydrogen-bond acceptors (Lipinski definition) is 9. The van der Waals surface area contributed by atoms with Crippen LogP contribution in [0.25, 0.3) is 6.08 Å². The van der Waals surface area contributed by atoms with E-state index in [0.717, 1.165) is 0 Å². The first-order valence-electron chi connectivity index (χ1n) is 13.3. The summed E-state index contributed by atoms with van der Waals surface area (Å²) in [4.78, 5) is 49.4. The van der Waals surface area contributed by atoms with Crippen LogP contribution in [0.4, 0.5) is 0 Å². The lowest BCUT2D eigenvalue weighted by Gasteiger charge is -2.28. The Balaban J connectivity index is 1.80. The third kappa shape index (κ3) is 6.62. The van der Waals surface area contributed by atoms with E-state index in [1.165, 1.54) is 7.11 Å². The van der Waals surface area contributed by atoms with Gasteiger partial charge < -0.3 is 29.8 Å². The van der Waals surface area contributed by atoms with Gasteiger partial charge in [-0.2, -0.15) is 0 Å². The fourth-order valence-corrected chi connectivity index (χ4v) is 4.98. The highest BCUT2D eigenvalue weighted by atomic mass is 16.5. The Labute approximate surface area is 232 Å². The molecule has 0 radical (unpaired) electrons. The van der Waals surface area contributed by atoms with Crippen LogP contribution in [0.15, 0.2) is 30.3 Å². The van der Waals surface area contributed by atoms with E-state index in [4.69, 9.17) is 24.7 Å². The molecule has 0 bridgehead atoms. The van der Waals surface area contributed by atoms with Gasteiger partial charge in [-0.05, 0) is 61.9 Å². The van der Waals surface area contributed by atoms with Crippen LogP contribution >= 0.6 is 0 Å². The minimum atomic E-state index is -0.716. The Hall–Kier alpha value is -4.34. The predicted molar refractivity (Wildman–Crippen MR) is 145 cm³/mol. The zero-order valence-electron chi connectivity index (χ0n) is 22.6. The van der Waals surface area contributed by atoms with E-state index in [1.54, 1.807) is 37.3 Å². The van der Waals surface area contributed by atoms with E-state index in [9.17, 15) is 24.3 Å². The van der Waals surface area contributed by atoms with Crippen molar-refractivity contribution in [2.75, 3.05) is 13.7 Å². The van der Waals surface area contributed by atoms with Gasteiger partial charge in [-0.15, -0.1) is 0 Å². The van der Waals surface area contributed by atoms with Crippen molar-refractivity contribution in [3.05, 3.63) is 52.6 Å². The normalized spacial score (nSPS) is 19.9. The van der Waals surface area contributed by atoms with Gasteiger partial charge in [0.2, 0.25) is 0 Å². The number of primary amides is 1. The van der Waals surface area contributed by atoms with Gasteiger partial charge in [0.1, 0.15) is 22.8 Å². The number of ketones is 1. The van der Waals surface area contributed by atoms with E-state index >= 15 is 0 Å². The molecule has 10 heteroatoms. The van der Waals surface area contributed by atoms with Gasteiger partial charge in [0.15, 0.2) is 18.1 Å². The Morgan fingerprint density at radius 1 is 1.12 bits per heavy atom. The number of benzene rings is 2. The average molecular weight is 552 g/mol.